The smallest absolute Gasteiger partial charge is 0.228 e. The van der Waals surface area contributed by atoms with Crippen LogP contribution in [0.5, 0.6) is 11.5 Å². The van der Waals surface area contributed by atoms with Crippen molar-refractivity contribution in [3.05, 3.63) is 18.2 Å². The Balaban J connectivity index is 1.48. The van der Waals surface area contributed by atoms with Gasteiger partial charge in [0, 0.05) is 57.3 Å². The molecule has 3 saturated heterocycles. The van der Waals surface area contributed by atoms with Crippen molar-refractivity contribution in [1.29, 1.82) is 0 Å². The molecule has 3 fully saturated rings. The van der Waals surface area contributed by atoms with E-state index in [9.17, 15) is 9.59 Å². The number of nitrogens with zero attached hydrogens (tertiary/aromatic N) is 2. The molecule has 4 rings (SSSR count). The van der Waals surface area contributed by atoms with Crippen LogP contribution in [0.3, 0.4) is 0 Å². The van der Waals surface area contributed by atoms with Crippen molar-refractivity contribution in [2.45, 2.75) is 6.42 Å². The molecule has 1 N–H and O–H groups in total. The second-order valence-corrected chi connectivity index (χ2v) is 7.40. The van der Waals surface area contributed by atoms with Gasteiger partial charge < -0.3 is 24.6 Å². The molecule has 0 radical (unpaired) electrons. The van der Waals surface area contributed by atoms with E-state index in [0.717, 1.165) is 26.2 Å². The fourth-order valence-electron chi connectivity index (χ4n) is 4.36. The zero-order valence-corrected chi connectivity index (χ0v) is 15.2. The van der Waals surface area contributed by atoms with Crippen LogP contribution in [-0.4, -0.2) is 63.7 Å². The van der Waals surface area contributed by atoms with Gasteiger partial charge in [0.25, 0.3) is 0 Å². The minimum Gasteiger partial charge on any atom is -0.497 e. The predicted molar refractivity (Wildman–Crippen MR) is 96.4 cm³/mol. The Bertz CT molecular complexity index is 688. The maximum Gasteiger partial charge on any atom is 0.228 e. The van der Waals surface area contributed by atoms with Gasteiger partial charge in [-0.2, -0.15) is 0 Å². The average molecular weight is 359 g/mol. The summed E-state index contributed by atoms with van der Waals surface area (Å²) < 4.78 is 10.6. The van der Waals surface area contributed by atoms with Crippen LogP contribution in [0.2, 0.25) is 0 Å². The molecule has 0 saturated carbocycles. The highest BCUT2D eigenvalue weighted by Gasteiger charge is 2.43. The number of nitrogens with one attached hydrogen (secondary N) is 1. The first-order chi connectivity index (χ1) is 12.6. The van der Waals surface area contributed by atoms with Crippen molar-refractivity contribution in [2.75, 3.05) is 51.8 Å². The van der Waals surface area contributed by atoms with Gasteiger partial charge >= 0.3 is 0 Å². The van der Waals surface area contributed by atoms with E-state index >= 15 is 0 Å². The SMILES string of the molecule is COc1cc(OC)cc(N2CC(C(=O)N3C[C@H]4CNC[C@H]4C3)CC2=O)c1. The van der Waals surface area contributed by atoms with Crippen molar-refractivity contribution in [3.8, 4) is 11.5 Å². The minimum absolute atomic E-state index is 0.0280. The molecule has 0 spiro atoms. The van der Waals surface area contributed by atoms with Gasteiger partial charge in [0.2, 0.25) is 11.8 Å². The summed E-state index contributed by atoms with van der Waals surface area (Å²) in [6.45, 7) is 4.03. The van der Waals surface area contributed by atoms with E-state index in [1.165, 1.54) is 0 Å². The highest BCUT2D eigenvalue weighted by atomic mass is 16.5. The lowest BCUT2D eigenvalue weighted by molar-refractivity contribution is -0.135. The number of rotatable bonds is 4. The molecule has 0 aromatic heterocycles. The molecule has 7 nitrogen and oxygen atoms in total. The van der Waals surface area contributed by atoms with Crippen LogP contribution in [-0.2, 0) is 9.59 Å². The van der Waals surface area contributed by atoms with E-state index < -0.39 is 0 Å². The van der Waals surface area contributed by atoms with Gasteiger partial charge in [0.15, 0.2) is 0 Å². The molecule has 3 atom stereocenters. The van der Waals surface area contributed by atoms with E-state index in [1.807, 2.05) is 4.90 Å². The number of amides is 2. The summed E-state index contributed by atoms with van der Waals surface area (Å²) in [5.41, 5.74) is 0.712. The zero-order chi connectivity index (χ0) is 18.3. The number of benzene rings is 1. The summed E-state index contributed by atoms with van der Waals surface area (Å²) in [5.74, 6) is 2.20. The first-order valence-corrected chi connectivity index (χ1v) is 9.12. The van der Waals surface area contributed by atoms with E-state index in [-0.39, 0.29) is 24.2 Å². The number of fused-ring (bicyclic) bond motifs is 1. The Morgan fingerprint density at radius 3 is 2.23 bits per heavy atom. The molecular formula is C19H25N3O4. The number of ether oxygens (including phenoxy) is 2. The number of hydrogen-bond acceptors (Lipinski definition) is 5. The number of anilines is 1. The molecule has 2 amide bonds. The number of likely N-dealkylation sites (tertiary alicyclic amines) is 1. The maximum atomic E-state index is 12.9. The van der Waals surface area contributed by atoms with Crippen molar-refractivity contribution >= 4 is 17.5 Å². The molecule has 0 aliphatic carbocycles. The van der Waals surface area contributed by atoms with Crippen LogP contribution < -0.4 is 19.7 Å². The summed E-state index contributed by atoms with van der Waals surface area (Å²) >= 11 is 0. The van der Waals surface area contributed by atoms with E-state index in [2.05, 4.69) is 5.32 Å². The van der Waals surface area contributed by atoms with Crippen molar-refractivity contribution in [2.24, 2.45) is 17.8 Å². The lowest BCUT2D eigenvalue weighted by atomic mass is 10.0. The molecule has 1 aromatic rings. The fraction of sp³-hybridized carbons (Fsp3) is 0.579. The maximum absolute atomic E-state index is 12.9. The standard InChI is InChI=1S/C19H25N3O4/c1-25-16-4-15(5-17(6-16)26-2)22-11-12(3-18(22)23)19(24)21-9-13-7-20-8-14(13)10-21/h4-6,12-14,20H,3,7-11H2,1-2H3/t12?,13-,14+. The van der Waals surface area contributed by atoms with E-state index in [0.29, 0.717) is 35.6 Å². The summed E-state index contributed by atoms with van der Waals surface area (Å²) in [6.07, 6.45) is 0.266. The Morgan fingerprint density at radius 2 is 1.65 bits per heavy atom. The van der Waals surface area contributed by atoms with Gasteiger partial charge in [0.05, 0.1) is 25.8 Å². The van der Waals surface area contributed by atoms with Crippen LogP contribution >= 0.6 is 0 Å². The van der Waals surface area contributed by atoms with Crippen LogP contribution in [0.4, 0.5) is 5.69 Å². The van der Waals surface area contributed by atoms with Gasteiger partial charge in [-0.15, -0.1) is 0 Å². The lowest BCUT2D eigenvalue weighted by Crippen LogP contribution is -2.37. The fourth-order valence-corrected chi connectivity index (χ4v) is 4.36. The molecule has 3 heterocycles. The topological polar surface area (TPSA) is 71.1 Å². The van der Waals surface area contributed by atoms with E-state index in [1.54, 1.807) is 37.3 Å². The summed E-state index contributed by atoms with van der Waals surface area (Å²) in [5, 5.41) is 3.39. The number of methoxy groups -OCH3 is 2. The molecular weight excluding hydrogens is 334 g/mol. The minimum atomic E-state index is -0.272. The van der Waals surface area contributed by atoms with Crippen LogP contribution in [0.15, 0.2) is 18.2 Å². The first-order valence-electron chi connectivity index (χ1n) is 9.12. The molecule has 140 valence electrons. The highest BCUT2D eigenvalue weighted by molar-refractivity contribution is 6.00. The molecule has 1 unspecified atom stereocenters. The van der Waals surface area contributed by atoms with Gasteiger partial charge in [-0.1, -0.05) is 0 Å². The van der Waals surface area contributed by atoms with Crippen LogP contribution in [0, 0.1) is 17.8 Å². The quantitative estimate of drug-likeness (QED) is 0.858. The number of carbonyl (C=O) groups excluding carboxylic acids is 2. The van der Waals surface area contributed by atoms with Crippen molar-refractivity contribution in [1.82, 2.24) is 10.2 Å². The summed E-state index contributed by atoms with van der Waals surface area (Å²) in [7, 11) is 3.16. The lowest BCUT2D eigenvalue weighted by Gasteiger charge is -2.22. The third kappa shape index (κ3) is 3.00. The third-order valence-electron chi connectivity index (χ3n) is 5.82. The second-order valence-electron chi connectivity index (χ2n) is 7.40. The summed E-state index contributed by atoms with van der Waals surface area (Å²) in [4.78, 5) is 29.1. The van der Waals surface area contributed by atoms with E-state index in [4.69, 9.17) is 9.47 Å². The molecule has 1 aromatic carbocycles. The predicted octanol–water partition coefficient (Wildman–Crippen LogP) is 0.735. The Hall–Kier alpha value is -2.28. The first kappa shape index (κ1) is 17.1. The average Bonchev–Trinajstić information content (AvgIpc) is 3.34. The summed E-state index contributed by atoms with van der Waals surface area (Å²) in [6, 6.07) is 5.38. The zero-order valence-electron chi connectivity index (χ0n) is 15.2. The molecule has 7 heteroatoms. The molecule has 3 aliphatic heterocycles. The Kier molecular flexibility index (Phi) is 4.48. The Labute approximate surface area is 153 Å². The molecule has 26 heavy (non-hydrogen) atoms. The molecule has 3 aliphatic rings. The van der Waals surface area contributed by atoms with Gasteiger partial charge in [-0.25, -0.2) is 0 Å². The monoisotopic (exact) mass is 359 g/mol. The Morgan fingerprint density at radius 1 is 1.04 bits per heavy atom. The van der Waals surface area contributed by atoms with Gasteiger partial charge in [-0.3, -0.25) is 9.59 Å². The molecule has 0 bridgehead atoms. The van der Waals surface area contributed by atoms with Crippen LogP contribution in [0.1, 0.15) is 6.42 Å². The second kappa shape index (κ2) is 6.79. The normalized spacial score (nSPS) is 27.8. The van der Waals surface area contributed by atoms with Crippen molar-refractivity contribution < 1.29 is 19.1 Å². The number of carbonyl (C=O) groups is 2. The number of hydrogen-bond donors (Lipinski definition) is 1. The largest absolute Gasteiger partial charge is 0.497 e. The highest BCUT2D eigenvalue weighted by Crippen LogP contribution is 2.34. The van der Waals surface area contributed by atoms with Gasteiger partial charge in [0.1, 0.15) is 11.5 Å². The van der Waals surface area contributed by atoms with Crippen LogP contribution in [0.25, 0.3) is 0 Å². The van der Waals surface area contributed by atoms with Crippen molar-refractivity contribution in [3.63, 3.8) is 0 Å². The third-order valence-corrected chi connectivity index (χ3v) is 5.82. The van der Waals surface area contributed by atoms with Gasteiger partial charge in [-0.05, 0) is 11.8 Å².